The quantitative estimate of drug-likeness (QED) is 0.652. The van der Waals surface area contributed by atoms with Crippen LogP contribution in [0.5, 0.6) is 5.75 Å². The van der Waals surface area contributed by atoms with Crippen molar-refractivity contribution in [1.82, 2.24) is 10.6 Å². The average molecular weight is 401 g/mol. The van der Waals surface area contributed by atoms with E-state index >= 15 is 0 Å². The second kappa shape index (κ2) is 10.6. The zero-order valence-electron chi connectivity index (χ0n) is 13.6. The summed E-state index contributed by atoms with van der Waals surface area (Å²) in [5, 5.41) is 4.62. The Morgan fingerprint density at radius 1 is 1.21 bits per heavy atom. The van der Waals surface area contributed by atoms with Gasteiger partial charge in [0.15, 0.2) is 13.2 Å². The Morgan fingerprint density at radius 3 is 2.62 bits per heavy atom. The number of carbonyl (C=O) groups excluding carboxylic acids is 3. The van der Waals surface area contributed by atoms with Crippen LogP contribution >= 0.6 is 15.9 Å². The molecule has 0 heterocycles. The van der Waals surface area contributed by atoms with Gasteiger partial charge in [0.2, 0.25) is 0 Å². The summed E-state index contributed by atoms with van der Waals surface area (Å²) in [6.45, 7) is 3.65. The number of nitrogens with one attached hydrogen (secondary N) is 2. The van der Waals surface area contributed by atoms with Crippen LogP contribution in [0.3, 0.4) is 0 Å². The fourth-order valence-electron chi connectivity index (χ4n) is 1.57. The molecular weight excluding hydrogens is 380 g/mol. The van der Waals surface area contributed by atoms with Crippen LogP contribution in [0.25, 0.3) is 0 Å². The molecule has 0 aliphatic heterocycles. The van der Waals surface area contributed by atoms with Gasteiger partial charge in [0.05, 0.1) is 0 Å². The molecule has 1 aromatic carbocycles. The molecule has 2 N–H and O–H groups in total. The van der Waals surface area contributed by atoms with Crippen LogP contribution < -0.4 is 15.4 Å². The summed E-state index contributed by atoms with van der Waals surface area (Å²) in [4.78, 5) is 34.4. The standard InChI is InChI=1S/C16H21BrN2O5/c1-11(2)6-7-18-16(22)19-14(20)9-24-15(21)10-23-13-5-3-4-12(17)8-13/h3-5,8,11H,6-7,9-10H2,1-2H3,(H2,18,19,20,22). The molecule has 0 aliphatic rings. The maximum atomic E-state index is 11.5. The second-order valence-corrected chi connectivity index (χ2v) is 6.31. The number of halogens is 1. The fourth-order valence-corrected chi connectivity index (χ4v) is 1.95. The minimum absolute atomic E-state index is 0.329. The zero-order chi connectivity index (χ0) is 17.9. The maximum Gasteiger partial charge on any atom is 0.344 e. The normalized spacial score (nSPS) is 10.2. The molecule has 0 bridgehead atoms. The van der Waals surface area contributed by atoms with E-state index in [4.69, 9.17) is 9.47 Å². The van der Waals surface area contributed by atoms with Crippen molar-refractivity contribution in [3.63, 3.8) is 0 Å². The number of hydrogen-bond donors (Lipinski definition) is 2. The van der Waals surface area contributed by atoms with Gasteiger partial charge in [-0.1, -0.05) is 35.8 Å². The third kappa shape index (κ3) is 9.14. The minimum atomic E-state index is -0.703. The predicted octanol–water partition coefficient (Wildman–Crippen LogP) is 2.24. The van der Waals surface area contributed by atoms with Crippen LogP contribution in [0, 0.1) is 5.92 Å². The third-order valence-corrected chi connectivity index (χ3v) is 3.27. The molecule has 0 aliphatic carbocycles. The lowest BCUT2D eigenvalue weighted by atomic mass is 10.1. The van der Waals surface area contributed by atoms with Crippen molar-refractivity contribution < 1.29 is 23.9 Å². The number of esters is 1. The van der Waals surface area contributed by atoms with Crippen molar-refractivity contribution in [3.05, 3.63) is 28.7 Å². The lowest BCUT2D eigenvalue weighted by Gasteiger charge is -2.09. The molecule has 0 saturated carbocycles. The highest BCUT2D eigenvalue weighted by atomic mass is 79.9. The van der Waals surface area contributed by atoms with Gasteiger partial charge in [0, 0.05) is 11.0 Å². The molecule has 0 fully saturated rings. The van der Waals surface area contributed by atoms with Crippen LogP contribution in [-0.4, -0.2) is 37.7 Å². The van der Waals surface area contributed by atoms with E-state index in [0.717, 1.165) is 10.9 Å². The van der Waals surface area contributed by atoms with Gasteiger partial charge in [-0.25, -0.2) is 9.59 Å². The van der Waals surface area contributed by atoms with Crippen molar-refractivity contribution in [2.45, 2.75) is 20.3 Å². The number of urea groups is 1. The molecule has 0 saturated heterocycles. The van der Waals surface area contributed by atoms with Gasteiger partial charge >= 0.3 is 12.0 Å². The first-order valence-electron chi connectivity index (χ1n) is 7.48. The second-order valence-electron chi connectivity index (χ2n) is 5.39. The van der Waals surface area contributed by atoms with Gasteiger partial charge in [-0.2, -0.15) is 0 Å². The van der Waals surface area contributed by atoms with Gasteiger partial charge in [-0.3, -0.25) is 10.1 Å². The Morgan fingerprint density at radius 2 is 1.96 bits per heavy atom. The Labute approximate surface area is 149 Å². The molecular formula is C16H21BrN2O5. The Bertz CT molecular complexity index is 577. The summed E-state index contributed by atoms with van der Waals surface area (Å²) in [5.74, 6) is -0.458. The van der Waals surface area contributed by atoms with E-state index < -0.39 is 24.5 Å². The van der Waals surface area contributed by atoms with Gasteiger partial charge < -0.3 is 14.8 Å². The van der Waals surface area contributed by atoms with Gasteiger partial charge in [0.1, 0.15) is 5.75 Å². The molecule has 0 aromatic heterocycles. The summed E-state index contributed by atoms with van der Waals surface area (Å²) in [5.41, 5.74) is 0. The molecule has 7 nitrogen and oxygen atoms in total. The van der Waals surface area contributed by atoms with Gasteiger partial charge in [0.25, 0.3) is 5.91 Å². The summed E-state index contributed by atoms with van der Waals surface area (Å²) in [7, 11) is 0. The van der Waals surface area contributed by atoms with E-state index in [-0.39, 0.29) is 6.61 Å². The van der Waals surface area contributed by atoms with Crippen LogP contribution in [0.4, 0.5) is 4.79 Å². The molecule has 1 aromatic rings. The molecule has 3 amide bonds. The van der Waals surface area contributed by atoms with E-state index in [0.29, 0.717) is 18.2 Å². The van der Waals surface area contributed by atoms with E-state index in [1.54, 1.807) is 18.2 Å². The Hall–Kier alpha value is -2.09. The van der Waals surface area contributed by atoms with E-state index in [1.165, 1.54) is 0 Å². The smallest absolute Gasteiger partial charge is 0.344 e. The van der Waals surface area contributed by atoms with Crippen molar-refractivity contribution in [2.75, 3.05) is 19.8 Å². The maximum absolute atomic E-state index is 11.5. The van der Waals surface area contributed by atoms with Crippen molar-refractivity contribution in [1.29, 1.82) is 0 Å². The largest absolute Gasteiger partial charge is 0.482 e. The number of amides is 3. The number of hydrogen-bond acceptors (Lipinski definition) is 5. The molecule has 0 unspecified atom stereocenters. The summed E-state index contributed by atoms with van der Waals surface area (Å²) in [6.07, 6.45) is 0.809. The number of rotatable bonds is 8. The highest BCUT2D eigenvalue weighted by Gasteiger charge is 2.11. The first-order valence-corrected chi connectivity index (χ1v) is 8.27. The van der Waals surface area contributed by atoms with E-state index in [1.807, 2.05) is 19.9 Å². The number of carbonyl (C=O) groups is 3. The molecule has 1 rings (SSSR count). The van der Waals surface area contributed by atoms with Crippen molar-refractivity contribution in [3.8, 4) is 5.75 Å². The summed E-state index contributed by atoms with van der Waals surface area (Å²) >= 11 is 3.28. The minimum Gasteiger partial charge on any atom is -0.482 e. The molecule has 8 heteroatoms. The van der Waals surface area contributed by atoms with Crippen molar-refractivity contribution >= 4 is 33.8 Å². The Kier molecular flexibility index (Phi) is 8.85. The first kappa shape index (κ1) is 20.0. The molecule has 0 radical (unpaired) electrons. The van der Waals surface area contributed by atoms with Crippen molar-refractivity contribution in [2.24, 2.45) is 5.92 Å². The highest BCUT2D eigenvalue weighted by Crippen LogP contribution is 2.17. The lowest BCUT2D eigenvalue weighted by Crippen LogP contribution is -2.42. The first-order chi connectivity index (χ1) is 11.4. The van der Waals surface area contributed by atoms with Crippen LogP contribution in [0.1, 0.15) is 20.3 Å². The zero-order valence-corrected chi connectivity index (χ0v) is 15.2. The molecule has 0 spiro atoms. The van der Waals surface area contributed by atoms with Gasteiger partial charge in [-0.05, 0) is 30.5 Å². The lowest BCUT2D eigenvalue weighted by molar-refractivity contribution is -0.150. The Balaban J connectivity index is 2.19. The SMILES string of the molecule is CC(C)CCNC(=O)NC(=O)COC(=O)COc1cccc(Br)c1. The summed E-state index contributed by atoms with van der Waals surface area (Å²) in [6, 6.07) is 6.35. The number of ether oxygens (including phenoxy) is 2. The monoisotopic (exact) mass is 400 g/mol. The fraction of sp³-hybridized carbons (Fsp3) is 0.438. The highest BCUT2D eigenvalue weighted by molar-refractivity contribution is 9.10. The van der Waals surface area contributed by atoms with Crippen LogP contribution in [0.15, 0.2) is 28.7 Å². The molecule has 24 heavy (non-hydrogen) atoms. The topological polar surface area (TPSA) is 93.7 Å². The average Bonchev–Trinajstić information content (AvgIpc) is 2.50. The molecule has 0 atom stereocenters. The number of imide groups is 1. The number of benzene rings is 1. The van der Waals surface area contributed by atoms with Gasteiger partial charge in [-0.15, -0.1) is 0 Å². The van der Waals surface area contributed by atoms with E-state index in [9.17, 15) is 14.4 Å². The molecule has 132 valence electrons. The van der Waals surface area contributed by atoms with Crippen LogP contribution in [-0.2, 0) is 14.3 Å². The van der Waals surface area contributed by atoms with E-state index in [2.05, 4.69) is 26.6 Å². The predicted molar refractivity (Wildman–Crippen MR) is 91.6 cm³/mol. The van der Waals surface area contributed by atoms with Crippen LogP contribution in [0.2, 0.25) is 0 Å². The third-order valence-electron chi connectivity index (χ3n) is 2.78. The summed E-state index contributed by atoms with van der Waals surface area (Å²) < 4.78 is 10.8.